The highest BCUT2D eigenvalue weighted by atomic mass is 35.5. The molecular formula is C15H16Cl2N2O4S. The molecule has 0 N–H and O–H groups in total. The largest absolute Gasteiger partial charge is 0.335 e. The van der Waals surface area contributed by atoms with Gasteiger partial charge in [-0.1, -0.05) is 29.3 Å². The van der Waals surface area contributed by atoms with Gasteiger partial charge in [-0.15, -0.1) is 0 Å². The summed E-state index contributed by atoms with van der Waals surface area (Å²) in [5.41, 5.74) is 0.239. The van der Waals surface area contributed by atoms with E-state index in [1.807, 2.05) is 0 Å². The Balaban J connectivity index is 1.96. The van der Waals surface area contributed by atoms with Crippen LogP contribution in [-0.2, 0) is 14.6 Å². The van der Waals surface area contributed by atoms with E-state index < -0.39 is 21.9 Å². The molecule has 2 atom stereocenters. The van der Waals surface area contributed by atoms with Gasteiger partial charge in [0.2, 0.25) is 5.91 Å². The summed E-state index contributed by atoms with van der Waals surface area (Å²) in [6.45, 7) is 1.97. The summed E-state index contributed by atoms with van der Waals surface area (Å²) in [6.07, 6.45) is 0. The Morgan fingerprint density at radius 2 is 1.67 bits per heavy atom. The molecule has 2 amide bonds. The van der Waals surface area contributed by atoms with Crippen molar-refractivity contribution in [2.75, 3.05) is 24.6 Å². The van der Waals surface area contributed by atoms with Crippen LogP contribution in [0.2, 0.25) is 10.0 Å². The van der Waals surface area contributed by atoms with Crippen LogP contribution in [0, 0.1) is 0 Å². The molecule has 130 valence electrons. The van der Waals surface area contributed by atoms with Gasteiger partial charge < -0.3 is 9.80 Å². The topological polar surface area (TPSA) is 74.8 Å². The molecule has 3 rings (SSSR count). The number of carbonyl (C=O) groups excluding carboxylic acids is 2. The Morgan fingerprint density at radius 1 is 1.08 bits per heavy atom. The van der Waals surface area contributed by atoms with Crippen molar-refractivity contribution in [2.24, 2.45) is 0 Å². The number of nitrogens with zero attached hydrogens (tertiary/aromatic N) is 2. The maximum atomic E-state index is 12.9. The van der Waals surface area contributed by atoms with Gasteiger partial charge in [0.15, 0.2) is 9.84 Å². The number of amides is 2. The van der Waals surface area contributed by atoms with Crippen molar-refractivity contribution in [1.29, 1.82) is 0 Å². The minimum absolute atomic E-state index is 0.121. The average molecular weight is 391 g/mol. The van der Waals surface area contributed by atoms with Crippen LogP contribution in [0.15, 0.2) is 18.2 Å². The molecular weight excluding hydrogens is 375 g/mol. The molecule has 0 radical (unpaired) electrons. The van der Waals surface area contributed by atoms with Crippen LogP contribution >= 0.6 is 23.2 Å². The van der Waals surface area contributed by atoms with Crippen molar-refractivity contribution in [3.8, 4) is 0 Å². The molecule has 0 unspecified atom stereocenters. The van der Waals surface area contributed by atoms with Gasteiger partial charge >= 0.3 is 0 Å². The molecule has 0 aromatic heterocycles. The maximum absolute atomic E-state index is 12.9. The van der Waals surface area contributed by atoms with Crippen molar-refractivity contribution in [2.45, 2.75) is 19.0 Å². The Hall–Kier alpha value is -1.31. The molecule has 6 nitrogen and oxygen atoms in total. The molecule has 0 bridgehead atoms. The number of carbonyl (C=O) groups is 2. The number of rotatable bonds is 1. The lowest BCUT2D eigenvalue weighted by Crippen LogP contribution is -2.61. The summed E-state index contributed by atoms with van der Waals surface area (Å²) in [5, 5.41) is 0.413. The SMILES string of the molecule is CC(=O)N1CCN(C(=O)c2cccc(Cl)c2Cl)[C@@H]2CS(=O)(=O)C[C@@H]21. The predicted molar refractivity (Wildman–Crippen MR) is 91.1 cm³/mol. The number of fused-ring (bicyclic) bond motifs is 1. The van der Waals surface area contributed by atoms with E-state index in [4.69, 9.17) is 23.2 Å². The summed E-state index contributed by atoms with van der Waals surface area (Å²) in [5.74, 6) is -0.817. The fraction of sp³-hybridized carbons (Fsp3) is 0.467. The summed E-state index contributed by atoms with van der Waals surface area (Å²) in [6, 6.07) is 3.69. The second-order valence-corrected chi connectivity index (χ2v) is 8.96. The minimum Gasteiger partial charge on any atom is -0.335 e. The number of benzene rings is 1. The monoisotopic (exact) mass is 390 g/mol. The first kappa shape index (κ1) is 17.5. The lowest BCUT2D eigenvalue weighted by atomic mass is 10.0. The van der Waals surface area contributed by atoms with E-state index in [1.165, 1.54) is 11.8 Å². The smallest absolute Gasteiger partial charge is 0.255 e. The van der Waals surface area contributed by atoms with Gasteiger partial charge in [0.1, 0.15) is 0 Å². The lowest BCUT2D eigenvalue weighted by molar-refractivity contribution is -0.133. The number of halogens is 2. The van der Waals surface area contributed by atoms with E-state index in [1.54, 1.807) is 23.1 Å². The quantitative estimate of drug-likeness (QED) is 0.727. The zero-order chi connectivity index (χ0) is 17.6. The summed E-state index contributed by atoms with van der Waals surface area (Å²) < 4.78 is 24.1. The van der Waals surface area contributed by atoms with Crippen LogP contribution in [-0.4, -0.2) is 66.7 Å². The van der Waals surface area contributed by atoms with Crippen molar-refractivity contribution < 1.29 is 18.0 Å². The van der Waals surface area contributed by atoms with E-state index in [0.29, 0.717) is 6.54 Å². The van der Waals surface area contributed by atoms with Crippen LogP contribution in [0.5, 0.6) is 0 Å². The first-order chi connectivity index (χ1) is 11.2. The van der Waals surface area contributed by atoms with Gasteiger partial charge in [-0.05, 0) is 12.1 Å². The van der Waals surface area contributed by atoms with Crippen molar-refractivity contribution in [3.05, 3.63) is 33.8 Å². The van der Waals surface area contributed by atoms with Gasteiger partial charge in [0.05, 0.1) is 39.2 Å². The fourth-order valence-corrected chi connectivity index (χ4v) is 5.78. The first-order valence-corrected chi connectivity index (χ1v) is 10.0. The zero-order valence-electron chi connectivity index (χ0n) is 12.9. The van der Waals surface area contributed by atoms with Crippen LogP contribution < -0.4 is 0 Å². The Morgan fingerprint density at radius 3 is 2.29 bits per heavy atom. The number of sulfone groups is 1. The molecule has 1 aromatic carbocycles. The Kier molecular flexibility index (Phi) is 4.53. The summed E-state index contributed by atoms with van der Waals surface area (Å²) in [4.78, 5) is 27.7. The standard InChI is InChI=1S/C15H16Cl2N2O4S/c1-9(20)18-5-6-19(13-8-24(22,23)7-12(13)18)15(21)10-3-2-4-11(16)14(10)17/h2-4,12-13H,5-8H2,1H3/t12-,13+/m0/s1. The Bertz CT molecular complexity index is 812. The molecule has 0 aliphatic carbocycles. The summed E-state index contributed by atoms with van der Waals surface area (Å²) >= 11 is 12.1. The lowest BCUT2D eigenvalue weighted by Gasteiger charge is -2.43. The Labute approximate surface area is 150 Å². The fourth-order valence-electron chi connectivity index (χ4n) is 3.42. The van der Waals surface area contributed by atoms with E-state index in [9.17, 15) is 18.0 Å². The van der Waals surface area contributed by atoms with Crippen LogP contribution in [0.25, 0.3) is 0 Å². The van der Waals surface area contributed by atoms with Crippen LogP contribution in [0.3, 0.4) is 0 Å². The average Bonchev–Trinajstić information content (AvgIpc) is 2.82. The van der Waals surface area contributed by atoms with Gasteiger partial charge in [0.25, 0.3) is 5.91 Å². The predicted octanol–water partition coefficient (Wildman–Crippen LogP) is 1.46. The van der Waals surface area contributed by atoms with Crippen molar-refractivity contribution in [3.63, 3.8) is 0 Å². The van der Waals surface area contributed by atoms with Crippen LogP contribution in [0.1, 0.15) is 17.3 Å². The maximum Gasteiger partial charge on any atom is 0.255 e. The van der Waals surface area contributed by atoms with Crippen molar-refractivity contribution in [1.82, 2.24) is 9.80 Å². The molecule has 2 aliphatic heterocycles. The number of hydrogen-bond donors (Lipinski definition) is 0. The van der Waals surface area contributed by atoms with E-state index in [2.05, 4.69) is 0 Å². The second-order valence-electron chi connectivity index (χ2n) is 6.02. The van der Waals surface area contributed by atoms with E-state index >= 15 is 0 Å². The molecule has 0 spiro atoms. The molecule has 2 fully saturated rings. The first-order valence-electron chi connectivity index (χ1n) is 7.44. The number of hydrogen-bond acceptors (Lipinski definition) is 4. The van der Waals surface area contributed by atoms with Gasteiger partial charge in [-0.25, -0.2) is 8.42 Å². The third kappa shape index (κ3) is 3.00. The van der Waals surface area contributed by atoms with Gasteiger partial charge in [0, 0.05) is 20.0 Å². The molecule has 2 saturated heterocycles. The third-order valence-corrected chi connectivity index (χ3v) is 7.04. The highest BCUT2D eigenvalue weighted by Crippen LogP contribution is 2.31. The molecule has 9 heteroatoms. The molecule has 2 heterocycles. The van der Waals surface area contributed by atoms with E-state index in [0.717, 1.165) is 0 Å². The molecule has 0 saturated carbocycles. The van der Waals surface area contributed by atoms with Gasteiger partial charge in [-0.2, -0.15) is 0 Å². The normalized spacial score (nSPS) is 25.5. The van der Waals surface area contributed by atoms with Crippen LogP contribution in [0.4, 0.5) is 0 Å². The third-order valence-electron chi connectivity index (χ3n) is 4.52. The molecule has 2 aliphatic rings. The summed E-state index contributed by atoms with van der Waals surface area (Å²) in [7, 11) is -3.31. The second kappa shape index (κ2) is 6.20. The highest BCUT2D eigenvalue weighted by Gasteiger charge is 2.49. The van der Waals surface area contributed by atoms with E-state index in [-0.39, 0.29) is 45.5 Å². The van der Waals surface area contributed by atoms with Gasteiger partial charge in [-0.3, -0.25) is 9.59 Å². The minimum atomic E-state index is -3.31. The molecule has 1 aromatic rings. The molecule has 24 heavy (non-hydrogen) atoms. The zero-order valence-corrected chi connectivity index (χ0v) is 15.2. The number of piperazine rings is 1. The highest BCUT2D eigenvalue weighted by molar-refractivity contribution is 7.91. The van der Waals surface area contributed by atoms with Crippen molar-refractivity contribution >= 4 is 44.9 Å².